The lowest BCUT2D eigenvalue weighted by Crippen LogP contribution is -2.51. The zero-order chi connectivity index (χ0) is 18.4. The fourth-order valence-electron chi connectivity index (χ4n) is 2.64. The van der Waals surface area contributed by atoms with Crippen LogP contribution in [0.5, 0.6) is 0 Å². The van der Waals surface area contributed by atoms with Crippen molar-refractivity contribution in [3.05, 3.63) is 0 Å². The van der Waals surface area contributed by atoms with Crippen molar-refractivity contribution in [1.29, 1.82) is 0 Å². The SMILES string of the molecule is CCCCCCCCCCCN[C@@H](C)C(=O)N[C@H](C(=O)O)C(C)C. The Kier molecular flexibility index (Phi) is 13.6. The van der Waals surface area contributed by atoms with E-state index in [9.17, 15) is 9.59 Å². The minimum absolute atomic E-state index is 0.129. The molecule has 3 N–H and O–H groups in total. The molecule has 0 aliphatic heterocycles. The molecule has 0 rings (SSSR count). The van der Waals surface area contributed by atoms with E-state index in [0.717, 1.165) is 13.0 Å². The standard InChI is InChI=1S/C19H38N2O3/c1-5-6-7-8-9-10-11-12-13-14-20-16(4)18(22)21-17(15(2)3)19(23)24/h15-17,20H,5-14H2,1-4H3,(H,21,22)(H,23,24)/t16-,17-/m0/s1. The smallest absolute Gasteiger partial charge is 0.326 e. The summed E-state index contributed by atoms with van der Waals surface area (Å²) in [6, 6.07) is -1.19. The van der Waals surface area contributed by atoms with E-state index in [2.05, 4.69) is 17.6 Å². The maximum atomic E-state index is 12.0. The second-order valence-electron chi connectivity index (χ2n) is 7.07. The minimum Gasteiger partial charge on any atom is -0.480 e. The first kappa shape index (κ1) is 22.9. The molecule has 0 saturated heterocycles. The topological polar surface area (TPSA) is 78.4 Å². The Hall–Kier alpha value is -1.10. The van der Waals surface area contributed by atoms with E-state index in [1.165, 1.54) is 51.4 Å². The first-order chi connectivity index (χ1) is 11.4. The number of carboxylic acid groups (broad SMARTS) is 1. The van der Waals surface area contributed by atoms with Gasteiger partial charge < -0.3 is 15.7 Å². The van der Waals surface area contributed by atoms with E-state index in [-0.39, 0.29) is 17.9 Å². The molecular weight excluding hydrogens is 304 g/mol. The van der Waals surface area contributed by atoms with Crippen LogP contribution in [0.25, 0.3) is 0 Å². The van der Waals surface area contributed by atoms with Crippen LogP contribution in [0.1, 0.15) is 85.5 Å². The molecule has 0 aromatic heterocycles. The number of nitrogens with one attached hydrogen (secondary N) is 2. The summed E-state index contributed by atoms with van der Waals surface area (Å²) in [5.74, 6) is -1.35. The average Bonchev–Trinajstić information content (AvgIpc) is 2.53. The summed E-state index contributed by atoms with van der Waals surface area (Å²) < 4.78 is 0. The Morgan fingerprint density at radius 1 is 0.875 bits per heavy atom. The molecule has 0 radical (unpaired) electrons. The number of aliphatic carboxylic acids is 1. The van der Waals surface area contributed by atoms with Crippen molar-refractivity contribution in [3.63, 3.8) is 0 Å². The highest BCUT2D eigenvalue weighted by molar-refractivity contribution is 5.86. The second-order valence-corrected chi connectivity index (χ2v) is 7.07. The molecule has 24 heavy (non-hydrogen) atoms. The molecule has 0 aliphatic rings. The van der Waals surface area contributed by atoms with Crippen LogP contribution >= 0.6 is 0 Å². The summed E-state index contributed by atoms with van der Waals surface area (Å²) in [5, 5.41) is 14.9. The van der Waals surface area contributed by atoms with Gasteiger partial charge in [-0.15, -0.1) is 0 Å². The van der Waals surface area contributed by atoms with Gasteiger partial charge in [0.25, 0.3) is 0 Å². The van der Waals surface area contributed by atoms with Gasteiger partial charge in [0, 0.05) is 0 Å². The quantitative estimate of drug-likeness (QED) is 0.396. The number of carbonyl (C=O) groups excluding carboxylic acids is 1. The fraction of sp³-hybridized carbons (Fsp3) is 0.895. The fourth-order valence-corrected chi connectivity index (χ4v) is 2.64. The van der Waals surface area contributed by atoms with E-state index >= 15 is 0 Å². The van der Waals surface area contributed by atoms with Crippen LogP contribution in [0.15, 0.2) is 0 Å². The lowest BCUT2D eigenvalue weighted by atomic mass is 10.0. The molecule has 0 saturated carbocycles. The summed E-state index contributed by atoms with van der Waals surface area (Å²) in [4.78, 5) is 23.1. The summed E-state index contributed by atoms with van der Waals surface area (Å²) in [6.45, 7) is 8.39. The van der Waals surface area contributed by atoms with Crippen molar-refractivity contribution in [1.82, 2.24) is 10.6 Å². The molecule has 5 nitrogen and oxygen atoms in total. The largest absolute Gasteiger partial charge is 0.480 e. The second kappa shape index (κ2) is 14.3. The highest BCUT2D eigenvalue weighted by Gasteiger charge is 2.25. The number of amides is 1. The minimum atomic E-state index is -0.982. The molecule has 5 heteroatoms. The molecule has 1 amide bonds. The van der Waals surface area contributed by atoms with Crippen LogP contribution in [-0.4, -0.2) is 35.6 Å². The number of hydrogen-bond donors (Lipinski definition) is 3. The van der Waals surface area contributed by atoms with Crippen molar-refractivity contribution < 1.29 is 14.7 Å². The molecule has 0 unspecified atom stereocenters. The van der Waals surface area contributed by atoms with Crippen molar-refractivity contribution >= 4 is 11.9 Å². The summed E-state index contributed by atoms with van der Waals surface area (Å²) >= 11 is 0. The zero-order valence-corrected chi connectivity index (χ0v) is 16.1. The highest BCUT2D eigenvalue weighted by Crippen LogP contribution is 2.09. The van der Waals surface area contributed by atoms with Crippen molar-refractivity contribution in [2.75, 3.05) is 6.54 Å². The molecule has 0 heterocycles. The maximum Gasteiger partial charge on any atom is 0.326 e. The first-order valence-corrected chi connectivity index (χ1v) is 9.66. The van der Waals surface area contributed by atoms with Crippen molar-refractivity contribution in [2.24, 2.45) is 5.92 Å². The van der Waals surface area contributed by atoms with Gasteiger partial charge in [0.2, 0.25) is 5.91 Å². The Morgan fingerprint density at radius 3 is 1.83 bits per heavy atom. The van der Waals surface area contributed by atoms with Gasteiger partial charge in [0.1, 0.15) is 6.04 Å². The monoisotopic (exact) mass is 342 g/mol. The third-order valence-electron chi connectivity index (χ3n) is 4.35. The van der Waals surface area contributed by atoms with E-state index in [4.69, 9.17) is 5.11 Å². The number of unbranched alkanes of at least 4 members (excludes halogenated alkanes) is 8. The van der Waals surface area contributed by atoms with E-state index < -0.39 is 12.0 Å². The number of hydrogen-bond acceptors (Lipinski definition) is 3. The molecule has 0 fully saturated rings. The molecule has 0 aromatic carbocycles. The van der Waals surface area contributed by atoms with E-state index in [0.29, 0.717) is 0 Å². The molecule has 0 spiro atoms. The van der Waals surface area contributed by atoms with E-state index in [1.54, 1.807) is 20.8 Å². The normalized spacial score (nSPS) is 13.7. The third-order valence-corrected chi connectivity index (χ3v) is 4.35. The molecule has 142 valence electrons. The van der Waals surface area contributed by atoms with Crippen LogP contribution < -0.4 is 10.6 Å². The number of carbonyl (C=O) groups is 2. The van der Waals surface area contributed by atoms with Crippen molar-refractivity contribution in [3.8, 4) is 0 Å². The first-order valence-electron chi connectivity index (χ1n) is 9.66. The predicted octanol–water partition coefficient (Wildman–Crippen LogP) is 3.72. The van der Waals surface area contributed by atoms with Crippen LogP contribution in [0.3, 0.4) is 0 Å². The van der Waals surface area contributed by atoms with Gasteiger partial charge in [0.05, 0.1) is 6.04 Å². The van der Waals surface area contributed by atoms with Crippen LogP contribution in [0, 0.1) is 5.92 Å². The van der Waals surface area contributed by atoms with Crippen molar-refractivity contribution in [2.45, 2.75) is 97.6 Å². The number of carboxylic acids is 1. The van der Waals surface area contributed by atoms with Gasteiger partial charge in [-0.05, 0) is 25.8 Å². The molecule has 2 atom stereocenters. The highest BCUT2D eigenvalue weighted by atomic mass is 16.4. The Morgan fingerprint density at radius 2 is 1.38 bits per heavy atom. The van der Waals surface area contributed by atoms with Crippen LogP contribution in [0.2, 0.25) is 0 Å². The van der Waals surface area contributed by atoms with Gasteiger partial charge in [-0.1, -0.05) is 72.1 Å². The maximum absolute atomic E-state index is 12.0. The molecule has 0 bridgehead atoms. The van der Waals surface area contributed by atoms with E-state index in [1.807, 2.05) is 0 Å². The van der Waals surface area contributed by atoms with Crippen LogP contribution in [-0.2, 0) is 9.59 Å². The van der Waals surface area contributed by atoms with Crippen LogP contribution in [0.4, 0.5) is 0 Å². The molecular formula is C19H38N2O3. The average molecular weight is 343 g/mol. The lowest BCUT2D eigenvalue weighted by Gasteiger charge is -2.21. The van der Waals surface area contributed by atoms with Gasteiger partial charge in [-0.2, -0.15) is 0 Å². The Bertz CT molecular complexity index is 346. The third kappa shape index (κ3) is 11.4. The summed E-state index contributed by atoms with van der Waals surface area (Å²) in [6.07, 6.45) is 11.5. The lowest BCUT2D eigenvalue weighted by molar-refractivity contribution is -0.143. The summed E-state index contributed by atoms with van der Waals surface area (Å²) in [7, 11) is 0. The number of rotatable bonds is 15. The van der Waals surface area contributed by atoms with Gasteiger partial charge in [-0.3, -0.25) is 4.79 Å². The zero-order valence-electron chi connectivity index (χ0n) is 16.1. The summed E-state index contributed by atoms with van der Waals surface area (Å²) in [5.41, 5.74) is 0. The van der Waals surface area contributed by atoms with Gasteiger partial charge >= 0.3 is 5.97 Å². The molecule has 0 aromatic rings. The molecule has 0 aliphatic carbocycles. The van der Waals surface area contributed by atoms with Gasteiger partial charge in [-0.25, -0.2) is 4.79 Å². The Labute approximate surface area is 148 Å². The predicted molar refractivity (Wildman–Crippen MR) is 99.1 cm³/mol. The Balaban J connectivity index is 3.69. The van der Waals surface area contributed by atoms with Gasteiger partial charge in [0.15, 0.2) is 0 Å².